The molecule has 11 heavy (non-hydrogen) atoms. The van der Waals surface area contributed by atoms with E-state index in [9.17, 15) is 0 Å². The number of rotatable bonds is 1. The maximum absolute atomic E-state index is 5.25. The second-order valence-electron chi connectivity index (χ2n) is 3.57. The Kier molecular flexibility index (Phi) is 1.90. The Balaban J connectivity index is 1.87. The van der Waals surface area contributed by atoms with Crippen molar-refractivity contribution < 1.29 is 4.74 Å². The highest BCUT2D eigenvalue weighted by molar-refractivity contribution is 8.01. The molecule has 1 saturated carbocycles. The monoisotopic (exact) mass is 173 g/mol. The first-order valence-electron chi connectivity index (χ1n) is 4.20. The SMILES string of the molecule is COC1CC2(C1)NCC(C)S2. The molecule has 2 fully saturated rings. The molecule has 1 unspecified atom stereocenters. The van der Waals surface area contributed by atoms with E-state index in [0.717, 1.165) is 5.25 Å². The van der Waals surface area contributed by atoms with Crippen molar-refractivity contribution in [1.29, 1.82) is 0 Å². The molecule has 0 amide bonds. The molecule has 1 spiro atoms. The fourth-order valence-corrected chi connectivity index (χ4v) is 3.55. The molecule has 0 aromatic heterocycles. The third kappa shape index (κ3) is 1.30. The largest absolute Gasteiger partial charge is 0.381 e. The summed E-state index contributed by atoms with van der Waals surface area (Å²) in [5.74, 6) is 0. The van der Waals surface area contributed by atoms with Gasteiger partial charge >= 0.3 is 0 Å². The molecule has 64 valence electrons. The van der Waals surface area contributed by atoms with Crippen molar-refractivity contribution in [2.75, 3.05) is 13.7 Å². The van der Waals surface area contributed by atoms with Gasteiger partial charge in [0.2, 0.25) is 0 Å². The molecular formula is C8H15NOS. The lowest BCUT2D eigenvalue weighted by Gasteiger charge is -2.43. The van der Waals surface area contributed by atoms with Crippen molar-refractivity contribution in [3.8, 4) is 0 Å². The fourth-order valence-electron chi connectivity index (χ4n) is 1.88. The van der Waals surface area contributed by atoms with Crippen molar-refractivity contribution >= 4 is 11.8 Å². The number of methoxy groups -OCH3 is 1. The molecule has 1 aliphatic carbocycles. The average Bonchev–Trinajstić information content (AvgIpc) is 2.28. The van der Waals surface area contributed by atoms with Crippen LogP contribution in [0.5, 0.6) is 0 Å². The number of hydrogen-bond donors (Lipinski definition) is 1. The zero-order valence-corrected chi connectivity index (χ0v) is 7.91. The smallest absolute Gasteiger partial charge is 0.0698 e. The summed E-state index contributed by atoms with van der Waals surface area (Å²) < 4.78 is 5.25. The molecular weight excluding hydrogens is 158 g/mol. The van der Waals surface area contributed by atoms with Gasteiger partial charge in [0.1, 0.15) is 0 Å². The van der Waals surface area contributed by atoms with E-state index in [0.29, 0.717) is 11.0 Å². The van der Waals surface area contributed by atoms with Crippen LogP contribution in [-0.2, 0) is 4.74 Å². The molecule has 0 aromatic rings. The predicted octanol–water partition coefficient (Wildman–Crippen LogP) is 1.22. The van der Waals surface area contributed by atoms with Crippen LogP contribution in [0.25, 0.3) is 0 Å². The lowest BCUT2D eigenvalue weighted by atomic mass is 9.88. The Morgan fingerprint density at radius 2 is 2.27 bits per heavy atom. The highest BCUT2D eigenvalue weighted by Crippen LogP contribution is 2.48. The Bertz CT molecular complexity index is 156. The number of thioether (sulfide) groups is 1. The molecule has 1 atom stereocenters. The summed E-state index contributed by atoms with van der Waals surface area (Å²) >= 11 is 2.08. The van der Waals surface area contributed by atoms with Crippen LogP contribution in [0.1, 0.15) is 19.8 Å². The van der Waals surface area contributed by atoms with Gasteiger partial charge < -0.3 is 10.1 Å². The number of hydrogen-bond acceptors (Lipinski definition) is 3. The maximum Gasteiger partial charge on any atom is 0.0698 e. The zero-order chi connectivity index (χ0) is 7.90. The minimum absolute atomic E-state index is 0.403. The molecule has 1 N–H and O–H groups in total. The minimum atomic E-state index is 0.403. The molecule has 0 aromatic carbocycles. The van der Waals surface area contributed by atoms with Gasteiger partial charge in [0.05, 0.1) is 11.0 Å². The second kappa shape index (κ2) is 2.64. The van der Waals surface area contributed by atoms with E-state index in [4.69, 9.17) is 4.74 Å². The van der Waals surface area contributed by atoms with Crippen LogP contribution in [0, 0.1) is 0 Å². The van der Waals surface area contributed by atoms with E-state index in [1.54, 1.807) is 7.11 Å². The quantitative estimate of drug-likeness (QED) is 0.644. The Morgan fingerprint density at radius 3 is 2.73 bits per heavy atom. The standard InChI is InChI=1S/C8H15NOS/c1-6-5-9-8(11-6)3-7(4-8)10-2/h6-7,9H,3-5H2,1-2H3. The average molecular weight is 173 g/mol. The first kappa shape index (κ1) is 7.90. The first-order chi connectivity index (χ1) is 5.24. The van der Waals surface area contributed by atoms with Crippen molar-refractivity contribution in [1.82, 2.24) is 5.32 Å². The van der Waals surface area contributed by atoms with Gasteiger partial charge in [-0.15, -0.1) is 11.8 Å². The molecule has 3 heteroatoms. The second-order valence-corrected chi connectivity index (χ2v) is 5.39. The van der Waals surface area contributed by atoms with E-state index in [-0.39, 0.29) is 0 Å². The highest BCUT2D eigenvalue weighted by Gasteiger charge is 2.48. The zero-order valence-electron chi connectivity index (χ0n) is 7.09. The van der Waals surface area contributed by atoms with Gasteiger partial charge in [-0.2, -0.15) is 0 Å². The summed E-state index contributed by atoms with van der Waals surface area (Å²) in [7, 11) is 1.81. The van der Waals surface area contributed by atoms with Crippen LogP contribution < -0.4 is 5.32 Å². The maximum atomic E-state index is 5.25. The molecule has 1 aliphatic heterocycles. The van der Waals surface area contributed by atoms with E-state index in [2.05, 4.69) is 24.0 Å². The van der Waals surface area contributed by atoms with Crippen LogP contribution in [0.3, 0.4) is 0 Å². The first-order valence-corrected chi connectivity index (χ1v) is 5.08. The summed E-state index contributed by atoms with van der Waals surface area (Å²) in [5, 5.41) is 4.35. The van der Waals surface area contributed by atoms with Crippen molar-refractivity contribution in [3.05, 3.63) is 0 Å². The third-order valence-electron chi connectivity index (χ3n) is 2.59. The number of ether oxygens (including phenoxy) is 1. The van der Waals surface area contributed by atoms with E-state index in [1.807, 2.05) is 0 Å². The normalized spacial score (nSPS) is 49.6. The molecule has 2 nitrogen and oxygen atoms in total. The van der Waals surface area contributed by atoms with Crippen LogP contribution in [0.2, 0.25) is 0 Å². The van der Waals surface area contributed by atoms with Crippen LogP contribution in [0.4, 0.5) is 0 Å². The molecule has 2 aliphatic rings. The summed E-state index contributed by atoms with van der Waals surface area (Å²) in [4.78, 5) is 0.403. The predicted molar refractivity (Wildman–Crippen MR) is 47.8 cm³/mol. The van der Waals surface area contributed by atoms with Gasteiger partial charge in [-0.3, -0.25) is 0 Å². The molecule has 1 heterocycles. The van der Waals surface area contributed by atoms with Crippen molar-refractivity contribution in [3.63, 3.8) is 0 Å². The third-order valence-corrected chi connectivity index (χ3v) is 4.08. The lowest BCUT2D eigenvalue weighted by molar-refractivity contribution is 0.00839. The van der Waals surface area contributed by atoms with Crippen molar-refractivity contribution in [2.45, 2.75) is 36.0 Å². The van der Waals surface area contributed by atoms with Gasteiger partial charge in [0.15, 0.2) is 0 Å². The van der Waals surface area contributed by atoms with E-state index in [1.165, 1.54) is 19.4 Å². The van der Waals surface area contributed by atoms with Gasteiger partial charge in [-0.05, 0) is 0 Å². The molecule has 0 radical (unpaired) electrons. The Hall–Kier alpha value is 0.270. The van der Waals surface area contributed by atoms with Gasteiger partial charge in [-0.25, -0.2) is 0 Å². The summed E-state index contributed by atoms with van der Waals surface area (Å²) in [5.41, 5.74) is 0. The van der Waals surface area contributed by atoms with Crippen LogP contribution >= 0.6 is 11.8 Å². The highest BCUT2D eigenvalue weighted by atomic mass is 32.2. The number of nitrogens with one attached hydrogen (secondary N) is 1. The van der Waals surface area contributed by atoms with Gasteiger partial charge in [0.25, 0.3) is 0 Å². The molecule has 1 saturated heterocycles. The summed E-state index contributed by atoms with van der Waals surface area (Å²) in [6.07, 6.45) is 2.90. The fraction of sp³-hybridized carbons (Fsp3) is 1.00. The van der Waals surface area contributed by atoms with E-state index >= 15 is 0 Å². The molecule has 0 bridgehead atoms. The van der Waals surface area contributed by atoms with Crippen LogP contribution in [-0.4, -0.2) is 29.9 Å². The minimum Gasteiger partial charge on any atom is -0.381 e. The van der Waals surface area contributed by atoms with Crippen LogP contribution in [0.15, 0.2) is 0 Å². The Morgan fingerprint density at radius 1 is 1.55 bits per heavy atom. The topological polar surface area (TPSA) is 21.3 Å². The van der Waals surface area contributed by atoms with Gasteiger partial charge in [0, 0.05) is 31.7 Å². The lowest BCUT2D eigenvalue weighted by Crippen LogP contribution is -2.52. The summed E-state index contributed by atoms with van der Waals surface area (Å²) in [6, 6.07) is 0. The molecule has 2 rings (SSSR count). The Labute approximate surface area is 72.1 Å². The summed E-state index contributed by atoms with van der Waals surface area (Å²) in [6.45, 7) is 3.45. The van der Waals surface area contributed by atoms with Gasteiger partial charge in [-0.1, -0.05) is 6.92 Å². The van der Waals surface area contributed by atoms with E-state index < -0.39 is 0 Å². The van der Waals surface area contributed by atoms with Crippen molar-refractivity contribution in [2.24, 2.45) is 0 Å².